The predicted octanol–water partition coefficient (Wildman–Crippen LogP) is 3.04. The van der Waals surface area contributed by atoms with Crippen molar-refractivity contribution in [2.24, 2.45) is 5.92 Å². The average Bonchev–Trinajstić information content (AvgIpc) is 2.47. The Kier molecular flexibility index (Phi) is 3.79. The first-order chi connectivity index (χ1) is 9.72. The molecule has 0 spiro atoms. The zero-order valence-corrected chi connectivity index (χ0v) is 11.9. The monoisotopic (exact) mass is 268 g/mol. The number of rotatable bonds is 3. The van der Waals surface area contributed by atoms with Gasteiger partial charge in [0.25, 0.3) is 0 Å². The number of hydrogen-bond acceptors (Lipinski definition) is 3. The molecule has 1 aliphatic rings. The van der Waals surface area contributed by atoms with Crippen molar-refractivity contribution in [2.45, 2.75) is 26.3 Å². The lowest BCUT2D eigenvalue weighted by Crippen LogP contribution is -2.37. The summed E-state index contributed by atoms with van der Waals surface area (Å²) in [5.74, 6) is 0.559. The molecular formula is C17H20N2O. The fourth-order valence-corrected chi connectivity index (χ4v) is 3.01. The van der Waals surface area contributed by atoms with E-state index in [1.807, 2.05) is 12.3 Å². The lowest BCUT2D eigenvalue weighted by Gasteiger charge is -2.31. The number of pyridine rings is 1. The summed E-state index contributed by atoms with van der Waals surface area (Å²) in [7, 11) is 0. The topological polar surface area (TPSA) is 33.2 Å². The largest absolute Gasteiger partial charge is 0.300 e. The predicted molar refractivity (Wildman–Crippen MR) is 80.4 cm³/mol. The number of carbonyl (C=O) groups excluding carboxylic acids is 1. The number of hydrogen-bond donors (Lipinski definition) is 0. The van der Waals surface area contributed by atoms with Crippen LogP contribution in [0.5, 0.6) is 0 Å². The van der Waals surface area contributed by atoms with Crippen LogP contribution in [-0.4, -0.2) is 28.8 Å². The summed E-state index contributed by atoms with van der Waals surface area (Å²) in [6.45, 7) is 4.64. The van der Waals surface area contributed by atoms with E-state index < -0.39 is 0 Å². The van der Waals surface area contributed by atoms with Gasteiger partial charge in [0.05, 0.1) is 5.52 Å². The van der Waals surface area contributed by atoms with E-state index >= 15 is 0 Å². The van der Waals surface area contributed by atoms with Gasteiger partial charge < -0.3 is 0 Å². The average molecular weight is 268 g/mol. The minimum Gasteiger partial charge on any atom is -0.300 e. The van der Waals surface area contributed by atoms with Gasteiger partial charge in [-0.15, -0.1) is 0 Å². The normalized spacial score (nSPS) is 20.1. The second-order valence-electron chi connectivity index (χ2n) is 5.72. The molecule has 0 amide bonds. The molecular weight excluding hydrogens is 248 g/mol. The molecule has 1 atom stereocenters. The molecule has 3 nitrogen and oxygen atoms in total. The molecule has 1 aromatic heterocycles. The Hall–Kier alpha value is -1.74. The van der Waals surface area contributed by atoms with E-state index in [0.29, 0.717) is 5.78 Å². The Morgan fingerprint density at radius 1 is 1.40 bits per heavy atom. The molecule has 2 aromatic rings. The third kappa shape index (κ3) is 2.88. The maximum Gasteiger partial charge on any atom is 0.134 e. The van der Waals surface area contributed by atoms with E-state index in [9.17, 15) is 4.79 Å². The number of likely N-dealkylation sites (tertiary alicyclic amines) is 1. The summed E-state index contributed by atoms with van der Waals surface area (Å²) in [4.78, 5) is 18.3. The Labute approximate surface area is 119 Å². The molecule has 3 rings (SSSR count). The molecule has 20 heavy (non-hydrogen) atoms. The molecule has 1 saturated heterocycles. The summed E-state index contributed by atoms with van der Waals surface area (Å²) in [6, 6.07) is 10.5. The molecule has 0 N–H and O–H groups in total. The first-order valence-corrected chi connectivity index (χ1v) is 7.29. The fourth-order valence-electron chi connectivity index (χ4n) is 3.01. The lowest BCUT2D eigenvalue weighted by molar-refractivity contribution is -0.122. The van der Waals surface area contributed by atoms with Crippen LogP contribution in [0.3, 0.4) is 0 Å². The van der Waals surface area contributed by atoms with Crippen LogP contribution in [0.15, 0.2) is 36.5 Å². The van der Waals surface area contributed by atoms with Gasteiger partial charge in [-0.25, -0.2) is 0 Å². The Bertz CT molecular complexity index is 623. The first kappa shape index (κ1) is 13.3. The first-order valence-electron chi connectivity index (χ1n) is 7.29. The van der Waals surface area contributed by atoms with Crippen LogP contribution in [0.4, 0.5) is 0 Å². The number of aromatic nitrogens is 1. The summed E-state index contributed by atoms with van der Waals surface area (Å²) >= 11 is 0. The second kappa shape index (κ2) is 5.71. The molecule has 2 heterocycles. The quantitative estimate of drug-likeness (QED) is 0.858. The van der Waals surface area contributed by atoms with Crippen molar-refractivity contribution < 1.29 is 4.79 Å². The molecule has 1 aliphatic heterocycles. The summed E-state index contributed by atoms with van der Waals surface area (Å²) in [5, 5.41) is 1.19. The number of fused-ring (bicyclic) bond motifs is 1. The summed E-state index contributed by atoms with van der Waals surface area (Å²) in [5.41, 5.74) is 2.34. The third-order valence-corrected chi connectivity index (χ3v) is 4.15. The van der Waals surface area contributed by atoms with Crippen LogP contribution in [0, 0.1) is 5.92 Å². The molecule has 0 aliphatic carbocycles. The highest BCUT2D eigenvalue weighted by molar-refractivity contribution is 5.79. The van der Waals surface area contributed by atoms with Crippen LogP contribution in [0.25, 0.3) is 10.9 Å². The Morgan fingerprint density at radius 2 is 2.30 bits per heavy atom. The minimum absolute atomic E-state index is 0.228. The molecule has 0 radical (unpaired) electrons. The van der Waals surface area contributed by atoms with Crippen molar-refractivity contribution >= 4 is 16.7 Å². The number of carbonyl (C=O) groups is 1. The van der Waals surface area contributed by atoms with E-state index in [-0.39, 0.29) is 5.92 Å². The molecule has 1 unspecified atom stereocenters. The van der Waals surface area contributed by atoms with Crippen LogP contribution in [0.2, 0.25) is 0 Å². The van der Waals surface area contributed by atoms with E-state index in [0.717, 1.165) is 38.0 Å². The molecule has 0 saturated carbocycles. The molecule has 1 aromatic carbocycles. The summed E-state index contributed by atoms with van der Waals surface area (Å²) < 4.78 is 0. The van der Waals surface area contributed by atoms with Gasteiger partial charge in [-0.1, -0.05) is 12.1 Å². The highest BCUT2D eigenvalue weighted by Gasteiger charge is 2.22. The fraction of sp³-hybridized carbons (Fsp3) is 0.412. The lowest BCUT2D eigenvalue weighted by atomic mass is 9.94. The van der Waals surface area contributed by atoms with Gasteiger partial charge in [0.1, 0.15) is 5.78 Å². The van der Waals surface area contributed by atoms with Crippen molar-refractivity contribution in [1.82, 2.24) is 9.88 Å². The minimum atomic E-state index is 0.228. The van der Waals surface area contributed by atoms with Crippen molar-refractivity contribution in [1.29, 1.82) is 0 Å². The highest BCUT2D eigenvalue weighted by Crippen LogP contribution is 2.20. The van der Waals surface area contributed by atoms with Gasteiger partial charge in [0.2, 0.25) is 0 Å². The van der Waals surface area contributed by atoms with Crippen molar-refractivity contribution in [3.05, 3.63) is 42.1 Å². The van der Waals surface area contributed by atoms with Gasteiger partial charge in [0, 0.05) is 30.6 Å². The maximum atomic E-state index is 11.5. The maximum absolute atomic E-state index is 11.5. The third-order valence-electron chi connectivity index (χ3n) is 4.15. The van der Waals surface area contributed by atoms with Crippen LogP contribution in [-0.2, 0) is 11.3 Å². The molecule has 104 valence electrons. The zero-order chi connectivity index (χ0) is 13.9. The van der Waals surface area contributed by atoms with Crippen LogP contribution in [0.1, 0.15) is 25.3 Å². The van der Waals surface area contributed by atoms with Crippen LogP contribution >= 0.6 is 0 Å². The highest BCUT2D eigenvalue weighted by atomic mass is 16.1. The standard InChI is InChI=1S/C17H20N2O/c1-13(20)16-5-3-9-19(12-16)11-14-6-7-17-15(10-14)4-2-8-18-17/h2,4,6-8,10,16H,3,5,9,11-12H2,1H3. The number of nitrogens with zero attached hydrogens (tertiary/aromatic N) is 2. The number of ketones is 1. The van der Waals surface area contributed by atoms with Crippen molar-refractivity contribution in [3.63, 3.8) is 0 Å². The number of piperidine rings is 1. The van der Waals surface area contributed by atoms with E-state index in [2.05, 4.69) is 34.1 Å². The van der Waals surface area contributed by atoms with Gasteiger partial charge >= 0.3 is 0 Å². The van der Waals surface area contributed by atoms with Gasteiger partial charge in [-0.2, -0.15) is 0 Å². The van der Waals surface area contributed by atoms with Gasteiger partial charge in [0.15, 0.2) is 0 Å². The van der Waals surface area contributed by atoms with Gasteiger partial charge in [-0.3, -0.25) is 14.7 Å². The SMILES string of the molecule is CC(=O)C1CCCN(Cc2ccc3ncccc3c2)C1. The van der Waals surface area contributed by atoms with E-state index in [1.54, 1.807) is 6.92 Å². The van der Waals surface area contributed by atoms with Crippen LogP contribution < -0.4 is 0 Å². The smallest absolute Gasteiger partial charge is 0.134 e. The Morgan fingerprint density at radius 3 is 3.15 bits per heavy atom. The Balaban J connectivity index is 1.74. The zero-order valence-electron chi connectivity index (χ0n) is 11.9. The number of Topliss-reactive ketones (excluding diaryl/α,β-unsaturated/α-hetero) is 1. The van der Waals surface area contributed by atoms with Crippen molar-refractivity contribution in [3.8, 4) is 0 Å². The van der Waals surface area contributed by atoms with Crippen molar-refractivity contribution in [2.75, 3.05) is 13.1 Å². The summed E-state index contributed by atoms with van der Waals surface area (Å²) in [6.07, 6.45) is 4.00. The molecule has 3 heteroatoms. The van der Waals surface area contributed by atoms with E-state index in [4.69, 9.17) is 0 Å². The molecule has 0 bridgehead atoms. The second-order valence-corrected chi connectivity index (χ2v) is 5.72. The molecule has 1 fully saturated rings. The van der Waals surface area contributed by atoms with Gasteiger partial charge in [-0.05, 0) is 50.1 Å². The number of benzene rings is 1. The van der Waals surface area contributed by atoms with E-state index in [1.165, 1.54) is 10.9 Å².